The van der Waals surface area contributed by atoms with Crippen LogP contribution in [0.25, 0.3) is 21.7 Å². The number of carbonyl (C=O) groups is 1. The fourth-order valence-electron chi connectivity index (χ4n) is 2.74. The summed E-state index contributed by atoms with van der Waals surface area (Å²) in [5.41, 5.74) is 1.04. The highest BCUT2D eigenvalue weighted by Gasteiger charge is 2.19. The average molecular weight is 398 g/mol. The van der Waals surface area contributed by atoms with Crippen LogP contribution in [0.15, 0.2) is 51.9 Å². The Morgan fingerprint density at radius 3 is 2.79 bits per heavy atom. The van der Waals surface area contributed by atoms with Gasteiger partial charge in [-0.25, -0.2) is 14.1 Å². The summed E-state index contributed by atoms with van der Waals surface area (Å²) >= 11 is 1.35. The summed E-state index contributed by atoms with van der Waals surface area (Å²) in [7, 11) is 0. The maximum Gasteiger partial charge on any atom is 0.294 e. The van der Waals surface area contributed by atoms with Crippen molar-refractivity contribution in [1.82, 2.24) is 20.1 Å². The van der Waals surface area contributed by atoms with E-state index in [1.54, 1.807) is 31.2 Å². The molecule has 0 spiro atoms. The van der Waals surface area contributed by atoms with Crippen LogP contribution in [0.2, 0.25) is 0 Å². The highest BCUT2D eigenvalue weighted by molar-refractivity contribution is 7.19. The van der Waals surface area contributed by atoms with E-state index in [4.69, 9.17) is 4.42 Å². The molecule has 28 heavy (non-hydrogen) atoms. The first-order valence-electron chi connectivity index (χ1n) is 8.44. The van der Waals surface area contributed by atoms with Crippen molar-refractivity contribution in [3.63, 3.8) is 0 Å². The normalized spacial score (nSPS) is 11.1. The van der Waals surface area contributed by atoms with Crippen LogP contribution in [0.5, 0.6) is 0 Å². The predicted molar refractivity (Wildman–Crippen MR) is 102 cm³/mol. The molecule has 0 aliphatic carbocycles. The Balaban J connectivity index is 1.61. The zero-order valence-electron chi connectivity index (χ0n) is 14.8. The number of thiazole rings is 1. The van der Waals surface area contributed by atoms with E-state index in [-0.39, 0.29) is 24.4 Å². The van der Waals surface area contributed by atoms with Crippen LogP contribution in [0.4, 0.5) is 4.39 Å². The Hall–Kier alpha value is -3.33. The van der Waals surface area contributed by atoms with Crippen LogP contribution in [-0.4, -0.2) is 20.7 Å². The molecule has 1 N–H and O–H groups in total. The summed E-state index contributed by atoms with van der Waals surface area (Å²) in [6.07, 6.45) is 1.52. The van der Waals surface area contributed by atoms with E-state index < -0.39 is 11.5 Å². The number of nitrogens with one attached hydrogen (secondary N) is 1. The first kappa shape index (κ1) is 18.1. The van der Waals surface area contributed by atoms with E-state index >= 15 is 0 Å². The fourth-order valence-corrected chi connectivity index (χ4v) is 3.64. The quantitative estimate of drug-likeness (QED) is 0.558. The minimum Gasteiger partial charge on any atom is -0.463 e. The van der Waals surface area contributed by atoms with Crippen molar-refractivity contribution in [3.05, 3.63) is 69.4 Å². The number of furan rings is 1. The summed E-state index contributed by atoms with van der Waals surface area (Å²) in [6, 6.07) is 9.27. The molecule has 9 heteroatoms. The number of halogens is 1. The Morgan fingerprint density at radius 1 is 1.29 bits per heavy atom. The molecule has 0 atom stereocenters. The number of aryl methyl sites for hydroxylation is 1. The zero-order chi connectivity index (χ0) is 19.7. The molecule has 1 amide bonds. The van der Waals surface area contributed by atoms with Gasteiger partial charge in [0, 0.05) is 6.54 Å². The number of hydrogen-bond acceptors (Lipinski definition) is 6. The maximum atomic E-state index is 13.0. The first-order chi connectivity index (χ1) is 13.5. The maximum absolute atomic E-state index is 13.0. The third kappa shape index (κ3) is 3.56. The minimum atomic E-state index is -0.438. The molecule has 0 unspecified atom stereocenters. The van der Waals surface area contributed by atoms with Gasteiger partial charge in [-0.2, -0.15) is 5.10 Å². The lowest BCUT2D eigenvalue weighted by Crippen LogP contribution is -2.33. The van der Waals surface area contributed by atoms with Crippen molar-refractivity contribution in [2.45, 2.75) is 20.0 Å². The molecule has 0 bridgehead atoms. The zero-order valence-corrected chi connectivity index (χ0v) is 15.6. The molecule has 0 saturated carbocycles. The molecule has 142 valence electrons. The second kappa shape index (κ2) is 7.35. The molecular weight excluding hydrogens is 383 g/mol. The van der Waals surface area contributed by atoms with Gasteiger partial charge in [0.05, 0.1) is 16.0 Å². The van der Waals surface area contributed by atoms with E-state index in [9.17, 15) is 14.0 Å². The highest BCUT2D eigenvalue weighted by Crippen LogP contribution is 2.29. The molecule has 4 aromatic rings. The molecule has 0 fully saturated rings. The van der Waals surface area contributed by atoms with Gasteiger partial charge < -0.3 is 9.73 Å². The van der Waals surface area contributed by atoms with Crippen molar-refractivity contribution < 1.29 is 13.6 Å². The molecule has 4 rings (SSSR count). The molecule has 7 nitrogen and oxygen atoms in total. The van der Waals surface area contributed by atoms with Crippen LogP contribution in [0.3, 0.4) is 0 Å². The molecule has 0 aliphatic rings. The summed E-state index contributed by atoms with van der Waals surface area (Å²) < 4.78 is 20.1. The monoisotopic (exact) mass is 398 g/mol. The van der Waals surface area contributed by atoms with Gasteiger partial charge in [0.2, 0.25) is 5.91 Å². The summed E-state index contributed by atoms with van der Waals surface area (Å²) in [6.45, 7) is 1.76. The second-order valence-corrected chi connectivity index (χ2v) is 7.31. The lowest BCUT2D eigenvalue weighted by molar-refractivity contribution is -0.122. The smallest absolute Gasteiger partial charge is 0.294 e. The number of rotatable bonds is 5. The molecule has 0 aliphatic heterocycles. The van der Waals surface area contributed by atoms with Crippen LogP contribution < -0.4 is 10.9 Å². The molecule has 3 aromatic heterocycles. The topological polar surface area (TPSA) is 90.0 Å². The van der Waals surface area contributed by atoms with Gasteiger partial charge in [-0.1, -0.05) is 12.1 Å². The summed E-state index contributed by atoms with van der Waals surface area (Å²) in [5, 5.41) is 7.75. The Bertz CT molecular complexity index is 1200. The predicted octanol–water partition coefficient (Wildman–Crippen LogP) is 2.88. The van der Waals surface area contributed by atoms with Crippen molar-refractivity contribution in [2.24, 2.45) is 0 Å². The lowest BCUT2D eigenvalue weighted by atomic mass is 10.2. The lowest BCUT2D eigenvalue weighted by Gasteiger charge is -2.08. The molecule has 1 aromatic carbocycles. The van der Waals surface area contributed by atoms with Crippen molar-refractivity contribution in [2.75, 3.05) is 0 Å². The number of fused-ring (bicyclic) bond motifs is 1. The number of amides is 1. The fraction of sp³-hybridized carbons (Fsp3) is 0.158. The van der Waals surface area contributed by atoms with E-state index in [0.29, 0.717) is 16.2 Å². The van der Waals surface area contributed by atoms with Gasteiger partial charge in [-0.05, 0) is 36.8 Å². The highest BCUT2D eigenvalue weighted by atomic mass is 32.1. The number of hydrogen-bond donors (Lipinski definition) is 1. The largest absolute Gasteiger partial charge is 0.463 e. The Kier molecular flexibility index (Phi) is 4.74. The number of carbonyl (C=O) groups excluding carboxylic acids is 1. The van der Waals surface area contributed by atoms with Gasteiger partial charge in [-0.15, -0.1) is 11.3 Å². The average Bonchev–Trinajstić information content (AvgIpc) is 3.33. The standard InChI is InChI=1S/C19H15FN4O3S/c1-11-22-17-18(28-11)16(14-3-2-8-27-14)23-24(19(17)26)10-15(25)21-9-12-4-6-13(20)7-5-12/h2-8H,9-10H2,1H3,(H,21,25). The van der Waals surface area contributed by atoms with Gasteiger partial charge in [0.1, 0.15) is 18.1 Å². The SMILES string of the molecule is Cc1nc2c(=O)n(CC(=O)NCc3ccc(F)cc3)nc(-c3ccco3)c2s1. The van der Waals surface area contributed by atoms with E-state index in [0.717, 1.165) is 15.3 Å². The van der Waals surface area contributed by atoms with Gasteiger partial charge >= 0.3 is 0 Å². The van der Waals surface area contributed by atoms with E-state index in [1.165, 1.54) is 29.7 Å². The molecule has 0 radical (unpaired) electrons. The van der Waals surface area contributed by atoms with Crippen molar-refractivity contribution >= 4 is 27.5 Å². The first-order valence-corrected chi connectivity index (χ1v) is 9.26. The molecule has 0 saturated heterocycles. The van der Waals surface area contributed by atoms with Gasteiger partial charge in [-0.3, -0.25) is 9.59 Å². The molecule has 3 heterocycles. The van der Waals surface area contributed by atoms with Crippen molar-refractivity contribution in [1.29, 1.82) is 0 Å². The van der Waals surface area contributed by atoms with Crippen LogP contribution in [0, 0.1) is 12.7 Å². The van der Waals surface area contributed by atoms with Crippen LogP contribution in [-0.2, 0) is 17.9 Å². The van der Waals surface area contributed by atoms with Crippen molar-refractivity contribution in [3.8, 4) is 11.5 Å². The summed E-state index contributed by atoms with van der Waals surface area (Å²) in [4.78, 5) is 29.3. The number of nitrogens with zero attached hydrogens (tertiary/aromatic N) is 3. The number of benzene rings is 1. The van der Waals surface area contributed by atoms with E-state index in [1.807, 2.05) is 0 Å². The molecular formula is C19H15FN4O3S. The minimum absolute atomic E-state index is 0.219. The second-order valence-electron chi connectivity index (χ2n) is 6.10. The van der Waals surface area contributed by atoms with Crippen LogP contribution in [0.1, 0.15) is 10.6 Å². The Morgan fingerprint density at radius 2 is 2.07 bits per heavy atom. The van der Waals surface area contributed by atoms with Gasteiger partial charge in [0.25, 0.3) is 5.56 Å². The Labute approximate surface area is 162 Å². The van der Waals surface area contributed by atoms with Gasteiger partial charge in [0.15, 0.2) is 11.3 Å². The van der Waals surface area contributed by atoms with E-state index in [2.05, 4.69) is 15.4 Å². The third-order valence-corrected chi connectivity index (χ3v) is 5.04. The number of aromatic nitrogens is 3. The third-order valence-electron chi connectivity index (χ3n) is 4.06. The van der Waals surface area contributed by atoms with Crippen LogP contribution >= 0.6 is 11.3 Å². The summed E-state index contributed by atoms with van der Waals surface area (Å²) in [5.74, 6) is -0.243.